The second-order valence-corrected chi connectivity index (χ2v) is 25.9. The third-order valence-corrected chi connectivity index (χ3v) is 19.6. The lowest BCUT2D eigenvalue weighted by Crippen LogP contribution is -2.56. The number of nitrogens with two attached hydrogens (primary N) is 1. The highest BCUT2D eigenvalue weighted by molar-refractivity contribution is 5.97. The number of amides is 7. The zero-order chi connectivity index (χ0) is 65.9. The number of esters is 1. The zero-order valence-electron chi connectivity index (χ0n) is 53.1. The molecule has 4 atom stereocenters. The number of hydrogen-bond donors (Lipinski definition) is 7. The normalized spacial score (nSPS) is 18.8. The van der Waals surface area contributed by atoms with Crippen LogP contribution in [0.15, 0.2) is 65.5 Å². The van der Waals surface area contributed by atoms with Gasteiger partial charge in [-0.2, -0.15) is 0 Å². The van der Waals surface area contributed by atoms with Crippen LogP contribution < -0.4 is 42.8 Å². The van der Waals surface area contributed by atoms with E-state index in [0.29, 0.717) is 90.8 Å². The first kappa shape index (κ1) is 65.6. The number of cyclic esters (lactones) is 1. The number of hydrogen-bond acceptors (Lipinski definition) is 14. The maximum absolute atomic E-state index is 15.5. The van der Waals surface area contributed by atoms with Crippen molar-refractivity contribution in [2.24, 2.45) is 23.0 Å². The van der Waals surface area contributed by atoms with E-state index in [2.05, 4.69) is 38.4 Å². The highest BCUT2D eigenvalue weighted by Crippen LogP contribution is 2.53. The van der Waals surface area contributed by atoms with Gasteiger partial charge in [-0.3, -0.25) is 38.4 Å². The van der Waals surface area contributed by atoms with Crippen molar-refractivity contribution < 1.29 is 57.3 Å². The third-order valence-electron chi connectivity index (χ3n) is 19.6. The molecule has 0 radical (unpaired) electrons. The number of fused-ring (bicyclic) bond motifs is 7. The van der Waals surface area contributed by atoms with E-state index in [4.69, 9.17) is 20.2 Å². The number of aliphatic hydroxyl groups is 1. The highest BCUT2D eigenvalue weighted by Gasteiger charge is 2.49. The summed E-state index contributed by atoms with van der Waals surface area (Å²) in [5, 5.41) is 26.4. The van der Waals surface area contributed by atoms with Crippen LogP contribution in [0.4, 0.5) is 10.1 Å². The number of carbonyl (C=O) groups excluding carboxylic acids is 8. The van der Waals surface area contributed by atoms with E-state index in [-0.39, 0.29) is 105 Å². The van der Waals surface area contributed by atoms with Crippen LogP contribution in [0.5, 0.6) is 0 Å². The highest BCUT2D eigenvalue weighted by atomic mass is 19.1. The number of unbranched alkanes of at least 4 members (excludes halogenated alkanes) is 1. The molecule has 1 spiro atoms. The van der Waals surface area contributed by atoms with Crippen molar-refractivity contribution in [3.63, 3.8) is 0 Å². The summed E-state index contributed by atoms with van der Waals surface area (Å²) in [6.45, 7) is 8.20. The van der Waals surface area contributed by atoms with Gasteiger partial charge in [0.15, 0.2) is 5.60 Å². The summed E-state index contributed by atoms with van der Waals surface area (Å²) in [5.74, 6) is 2.08. The van der Waals surface area contributed by atoms with Gasteiger partial charge in [-0.25, -0.2) is 14.2 Å². The molecule has 11 rings (SSSR count). The molecular formula is C70H81FN10O12. The summed E-state index contributed by atoms with van der Waals surface area (Å²) in [6.07, 6.45) is 5.08. The monoisotopic (exact) mass is 1270 g/mol. The predicted octanol–water partition coefficient (Wildman–Crippen LogP) is 4.77. The van der Waals surface area contributed by atoms with Gasteiger partial charge in [0.2, 0.25) is 41.4 Å². The maximum Gasteiger partial charge on any atom is 0.343 e. The number of nitrogens with zero attached hydrogens (tertiary/aromatic N) is 4. The topological polar surface area (TPSA) is 303 Å². The molecule has 2 fully saturated rings. The van der Waals surface area contributed by atoms with Crippen molar-refractivity contribution in [2.45, 2.75) is 155 Å². The first-order valence-corrected chi connectivity index (χ1v) is 32.5. The fourth-order valence-corrected chi connectivity index (χ4v) is 14.2. The Morgan fingerprint density at radius 2 is 1.59 bits per heavy atom. The number of piperidine rings is 1. The molecule has 0 bridgehead atoms. The van der Waals surface area contributed by atoms with Crippen molar-refractivity contribution in [1.29, 1.82) is 0 Å². The SMILES string of the molecule is CC[C@@]1(O)C(=O)OCc2c1cc1n(c2=O)Cc2c-1nc1cc(F)c(C)c3c1c2[C@@H](NC(=O)CNC(=O)[C@H](CCCCN)NC(=O)[C@@H](NC(=O)CCOCCC(=O)N1CCC2(CC1)CC(C(=O)NCCC(=O)N1Cc4ccccc4C#Cc4ccccc41)C2)C(C)C)CC3. The lowest BCUT2D eigenvalue weighted by Gasteiger charge is -2.51. The maximum atomic E-state index is 15.5. The van der Waals surface area contributed by atoms with Crippen LogP contribution in [0, 0.1) is 41.8 Å². The summed E-state index contributed by atoms with van der Waals surface area (Å²) in [5.41, 5.74) is 10.3. The van der Waals surface area contributed by atoms with Crippen LogP contribution in [0.3, 0.4) is 0 Å². The second-order valence-electron chi connectivity index (χ2n) is 25.9. The number of ether oxygens (including phenoxy) is 2. The van der Waals surface area contributed by atoms with Crippen LogP contribution in [0.25, 0.3) is 22.3 Å². The van der Waals surface area contributed by atoms with Crippen LogP contribution in [0.2, 0.25) is 0 Å². The van der Waals surface area contributed by atoms with Gasteiger partial charge in [0.25, 0.3) is 5.56 Å². The molecule has 2 aliphatic carbocycles. The average molecular weight is 1270 g/mol. The lowest BCUT2D eigenvalue weighted by molar-refractivity contribution is -0.172. The molecule has 1 saturated carbocycles. The number of rotatable bonds is 23. The molecule has 5 aromatic rings. The molecule has 6 heterocycles. The summed E-state index contributed by atoms with van der Waals surface area (Å²) in [6, 6.07) is 15.5. The zero-order valence-corrected chi connectivity index (χ0v) is 53.1. The van der Waals surface area contributed by atoms with E-state index in [1.54, 1.807) is 38.7 Å². The van der Waals surface area contributed by atoms with Gasteiger partial charge in [0.05, 0.1) is 73.5 Å². The van der Waals surface area contributed by atoms with Gasteiger partial charge in [0.1, 0.15) is 24.5 Å². The molecule has 2 aromatic heterocycles. The quantitative estimate of drug-likeness (QED) is 0.0258. The molecular weight excluding hydrogens is 1190 g/mol. The van der Waals surface area contributed by atoms with E-state index < -0.39 is 77.2 Å². The fourth-order valence-electron chi connectivity index (χ4n) is 14.2. The van der Waals surface area contributed by atoms with Gasteiger partial charge in [-0.15, -0.1) is 0 Å². The number of halogens is 1. The summed E-state index contributed by atoms with van der Waals surface area (Å²) < 4.78 is 28.0. The average Bonchev–Trinajstić information content (AvgIpc) is 1.67. The predicted molar refractivity (Wildman–Crippen MR) is 342 cm³/mol. The number of benzene rings is 3. The van der Waals surface area contributed by atoms with E-state index in [9.17, 15) is 48.3 Å². The Bertz CT molecular complexity index is 3950. The first-order chi connectivity index (χ1) is 44.7. The van der Waals surface area contributed by atoms with E-state index >= 15 is 4.39 Å². The van der Waals surface area contributed by atoms with Crippen molar-refractivity contribution in [3.8, 4) is 23.2 Å². The molecule has 490 valence electrons. The minimum Gasteiger partial charge on any atom is -0.458 e. The largest absolute Gasteiger partial charge is 0.458 e. The molecule has 4 aliphatic heterocycles. The minimum atomic E-state index is -2.06. The number of nitrogens with one attached hydrogen (secondary N) is 5. The minimum absolute atomic E-state index is 0.00686. The van der Waals surface area contributed by atoms with Crippen LogP contribution >= 0.6 is 0 Å². The van der Waals surface area contributed by atoms with E-state index in [1.165, 1.54) is 10.6 Å². The van der Waals surface area contributed by atoms with Gasteiger partial charge < -0.3 is 61.3 Å². The van der Waals surface area contributed by atoms with Crippen molar-refractivity contribution in [2.75, 3.05) is 50.8 Å². The summed E-state index contributed by atoms with van der Waals surface area (Å²) in [7, 11) is 0. The Morgan fingerprint density at radius 3 is 2.34 bits per heavy atom. The molecule has 3 aromatic carbocycles. The van der Waals surface area contributed by atoms with E-state index in [1.807, 2.05) is 53.4 Å². The van der Waals surface area contributed by atoms with Crippen LogP contribution in [-0.2, 0) is 79.5 Å². The molecule has 7 amide bonds. The molecule has 6 aliphatic rings. The number of para-hydroxylation sites is 1. The van der Waals surface area contributed by atoms with Crippen molar-refractivity contribution in [1.82, 2.24) is 41.0 Å². The lowest BCUT2D eigenvalue weighted by atomic mass is 9.57. The number of aromatic nitrogens is 2. The number of aryl methyl sites for hydroxylation is 1. The van der Waals surface area contributed by atoms with Crippen LogP contribution in [-0.4, -0.2) is 125 Å². The number of anilines is 1. The van der Waals surface area contributed by atoms with Gasteiger partial charge in [0, 0.05) is 72.1 Å². The Hall–Kier alpha value is -8.85. The molecule has 0 unspecified atom stereocenters. The Kier molecular flexibility index (Phi) is 19.6. The number of carbonyl (C=O) groups is 8. The Morgan fingerprint density at radius 1 is 0.860 bits per heavy atom. The van der Waals surface area contributed by atoms with Gasteiger partial charge >= 0.3 is 5.97 Å². The summed E-state index contributed by atoms with van der Waals surface area (Å²) >= 11 is 0. The number of pyridine rings is 2. The molecule has 1 saturated heterocycles. The van der Waals surface area contributed by atoms with Gasteiger partial charge in [-0.1, -0.05) is 62.9 Å². The second kappa shape index (κ2) is 27.8. The Labute approximate surface area is 538 Å². The first-order valence-electron chi connectivity index (χ1n) is 32.5. The smallest absolute Gasteiger partial charge is 0.343 e. The standard InChI is InChI=1S/C70H81FN10O12/c1-5-70(91)49-32-55-63-47(38-81(55)67(89)48(49)39-93-68(70)90)61-51(20-19-46-41(4)50(71)33-53(76-63)60(46)61)75-57(83)36-74-65(87)52(15-10-11-26-72)77-66(88)62(40(2)3)78-56(82)22-30-92-31-23-58(84)79-28-24-69(25-29-79)34-45(35-69)64(86)73-27-21-59(85)80-37-44-14-7-6-12-42(44)17-18-43-13-8-9-16-54(43)80/h6-9,12-14,16,32-33,40,45,51-52,62,91H,5,10-11,15,19-31,34-39,72H2,1-4H3,(H,73,86)(H,74,87)(H,75,83)(H,77,88)(H,78,82)/t51-,52-,62-,70-/m0/s1. The summed E-state index contributed by atoms with van der Waals surface area (Å²) in [4.78, 5) is 131. The van der Waals surface area contributed by atoms with Crippen LogP contribution in [0.1, 0.15) is 154 Å². The molecule has 22 nitrogen and oxygen atoms in total. The van der Waals surface area contributed by atoms with Gasteiger partial charge in [-0.05, 0) is 136 Å². The number of likely N-dealkylation sites (tertiary alicyclic amines) is 1. The Balaban J connectivity index is 0.615. The molecule has 23 heteroatoms. The van der Waals surface area contributed by atoms with Crippen molar-refractivity contribution in [3.05, 3.63) is 127 Å². The fraction of sp³-hybridized carbons (Fsp3) is 0.486. The third kappa shape index (κ3) is 13.5. The van der Waals surface area contributed by atoms with E-state index in [0.717, 1.165) is 53.6 Å². The molecule has 93 heavy (non-hydrogen) atoms. The molecule has 8 N–H and O–H groups in total. The van der Waals surface area contributed by atoms with Crippen molar-refractivity contribution >= 4 is 63.9 Å².